The summed E-state index contributed by atoms with van der Waals surface area (Å²) in [5.41, 5.74) is -1.17. The molecule has 0 aromatic heterocycles. The van der Waals surface area contributed by atoms with Crippen LogP contribution in [0.25, 0.3) is 0 Å². The number of halogens is 3. The maximum atomic E-state index is 13.3. The Bertz CT molecular complexity index is 427. The van der Waals surface area contributed by atoms with E-state index in [4.69, 9.17) is 0 Å². The lowest BCUT2D eigenvalue weighted by atomic mass is 10.2. The smallest absolute Gasteiger partial charge is 0.393 e. The molecule has 0 saturated carbocycles. The van der Waals surface area contributed by atoms with Crippen LogP contribution in [-0.2, 0) is 15.6 Å². The van der Waals surface area contributed by atoms with Gasteiger partial charge in [0, 0.05) is 5.57 Å². The van der Waals surface area contributed by atoms with Crippen molar-refractivity contribution in [3.05, 3.63) is 47.8 Å². The fraction of sp³-hybridized carbons (Fsp3) is 0.182. The Morgan fingerprint density at radius 1 is 1.38 bits per heavy atom. The lowest BCUT2D eigenvalue weighted by Crippen LogP contribution is -2.24. The second-order valence-corrected chi connectivity index (χ2v) is 3.17. The van der Waals surface area contributed by atoms with Gasteiger partial charge in [0.1, 0.15) is 11.4 Å². The van der Waals surface area contributed by atoms with Crippen LogP contribution in [0, 0.1) is 5.82 Å². The highest BCUT2D eigenvalue weighted by atomic mass is 19.3. The summed E-state index contributed by atoms with van der Waals surface area (Å²) in [6, 6.07) is 4.19. The van der Waals surface area contributed by atoms with Crippen LogP contribution in [-0.4, -0.2) is 5.97 Å². The molecule has 0 atom stereocenters. The number of esters is 1. The third kappa shape index (κ3) is 2.62. The maximum absolute atomic E-state index is 13.3. The standard InChI is InChI=1S/C11H9F3O2/c1-7(2)10(15)16-11(13,14)8-5-3-4-6-9(8)12/h3-6H,1H2,2H3. The van der Waals surface area contributed by atoms with E-state index in [0.717, 1.165) is 12.1 Å². The van der Waals surface area contributed by atoms with Crippen molar-refractivity contribution in [2.75, 3.05) is 0 Å². The second kappa shape index (κ2) is 4.38. The molecular formula is C11H9F3O2. The number of hydrogen-bond donors (Lipinski definition) is 0. The molecular weight excluding hydrogens is 221 g/mol. The molecule has 0 aliphatic rings. The molecule has 0 N–H and O–H groups in total. The predicted molar refractivity (Wildman–Crippen MR) is 51.2 cm³/mol. The van der Waals surface area contributed by atoms with Gasteiger partial charge in [-0.05, 0) is 19.1 Å². The summed E-state index contributed by atoms with van der Waals surface area (Å²) in [5, 5.41) is 0. The van der Waals surface area contributed by atoms with E-state index in [2.05, 4.69) is 11.3 Å². The number of benzene rings is 1. The molecule has 2 nitrogen and oxygen atoms in total. The minimum Gasteiger partial charge on any atom is -0.393 e. The molecule has 5 heteroatoms. The lowest BCUT2D eigenvalue weighted by molar-refractivity contribution is -0.237. The summed E-state index contributed by atoms with van der Waals surface area (Å²) in [4.78, 5) is 10.9. The van der Waals surface area contributed by atoms with E-state index in [0.29, 0.717) is 0 Å². The first-order valence-electron chi connectivity index (χ1n) is 4.36. The molecule has 1 aromatic rings. The fourth-order valence-electron chi connectivity index (χ4n) is 0.956. The molecule has 0 heterocycles. The first-order valence-corrected chi connectivity index (χ1v) is 4.36. The molecule has 0 bridgehead atoms. The van der Waals surface area contributed by atoms with Crippen molar-refractivity contribution in [1.29, 1.82) is 0 Å². The first-order chi connectivity index (χ1) is 7.34. The Morgan fingerprint density at radius 3 is 2.44 bits per heavy atom. The summed E-state index contributed by atoms with van der Waals surface area (Å²) in [6.45, 7) is 4.38. The first kappa shape index (κ1) is 12.3. The molecule has 0 spiro atoms. The molecule has 1 rings (SSSR count). The zero-order chi connectivity index (χ0) is 12.3. The van der Waals surface area contributed by atoms with Gasteiger partial charge in [-0.2, -0.15) is 8.78 Å². The largest absolute Gasteiger partial charge is 0.431 e. The van der Waals surface area contributed by atoms with Gasteiger partial charge in [0.25, 0.3) is 0 Å². The van der Waals surface area contributed by atoms with E-state index in [1.807, 2.05) is 0 Å². The predicted octanol–water partition coefficient (Wildman–Crippen LogP) is 2.99. The number of alkyl halides is 2. The van der Waals surface area contributed by atoms with Crippen LogP contribution in [0.1, 0.15) is 12.5 Å². The van der Waals surface area contributed by atoms with Gasteiger partial charge in [0.15, 0.2) is 0 Å². The molecule has 1 aromatic carbocycles. The van der Waals surface area contributed by atoms with Crippen molar-refractivity contribution in [2.24, 2.45) is 0 Å². The monoisotopic (exact) mass is 230 g/mol. The van der Waals surface area contributed by atoms with E-state index in [1.165, 1.54) is 19.1 Å². The van der Waals surface area contributed by atoms with Crippen LogP contribution in [0.4, 0.5) is 13.2 Å². The van der Waals surface area contributed by atoms with E-state index >= 15 is 0 Å². The third-order valence-corrected chi connectivity index (χ3v) is 1.76. The Kier molecular flexibility index (Phi) is 3.37. The second-order valence-electron chi connectivity index (χ2n) is 3.17. The van der Waals surface area contributed by atoms with Gasteiger partial charge in [0.2, 0.25) is 0 Å². The topological polar surface area (TPSA) is 26.3 Å². The quantitative estimate of drug-likeness (QED) is 0.589. The number of ether oxygens (including phenoxy) is 1. The zero-order valence-corrected chi connectivity index (χ0v) is 8.47. The number of hydrogen-bond acceptors (Lipinski definition) is 2. The van der Waals surface area contributed by atoms with Gasteiger partial charge in [-0.25, -0.2) is 9.18 Å². The summed E-state index contributed by atoms with van der Waals surface area (Å²) in [7, 11) is 0. The van der Waals surface area contributed by atoms with Crippen molar-refractivity contribution in [3.63, 3.8) is 0 Å². The van der Waals surface area contributed by atoms with E-state index in [-0.39, 0.29) is 5.57 Å². The van der Waals surface area contributed by atoms with Crippen LogP contribution in [0.5, 0.6) is 0 Å². The van der Waals surface area contributed by atoms with Crippen molar-refractivity contribution in [3.8, 4) is 0 Å². The van der Waals surface area contributed by atoms with Crippen LogP contribution >= 0.6 is 0 Å². The van der Waals surface area contributed by atoms with Crippen molar-refractivity contribution in [1.82, 2.24) is 0 Å². The average Bonchev–Trinajstić information content (AvgIpc) is 2.17. The number of carbonyl (C=O) groups excluding carboxylic acids is 1. The van der Waals surface area contributed by atoms with Gasteiger partial charge in [0.05, 0.1) is 0 Å². The highest BCUT2D eigenvalue weighted by molar-refractivity contribution is 5.87. The molecule has 0 aliphatic heterocycles. The Labute approximate surface area is 90.3 Å². The highest BCUT2D eigenvalue weighted by Crippen LogP contribution is 2.31. The highest BCUT2D eigenvalue weighted by Gasteiger charge is 2.39. The van der Waals surface area contributed by atoms with Crippen molar-refractivity contribution in [2.45, 2.75) is 13.0 Å². The van der Waals surface area contributed by atoms with Gasteiger partial charge in [-0.15, -0.1) is 0 Å². The van der Waals surface area contributed by atoms with Crippen molar-refractivity contribution < 1.29 is 22.7 Å². The molecule has 86 valence electrons. The van der Waals surface area contributed by atoms with Crippen LogP contribution in [0.3, 0.4) is 0 Å². The van der Waals surface area contributed by atoms with Crippen LogP contribution < -0.4 is 0 Å². The third-order valence-electron chi connectivity index (χ3n) is 1.76. The molecule has 0 saturated heterocycles. The molecule has 16 heavy (non-hydrogen) atoms. The fourth-order valence-corrected chi connectivity index (χ4v) is 0.956. The molecule has 0 amide bonds. The van der Waals surface area contributed by atoms with Gasteiger partial charge in [-0.1, -0.05) is 18.7 Å². The minimum absolute atomic E-state index is 0.184. The summed E-state index contributed by atoms with van der Waals surface area (Å²) >= 11 is 0. The molecule has 0 unspecified atom stereocenters. The van der Waals surface area contributed by atoms with Gasteiger partial charge in [-0.3, -0.25) is 0 Å². The van der Waals surface area contributed by atoms with Crippen LogP contribution in [0.15, 0.2) is 36.4 Å². The number of carbonyl (C=O) groups is 1. The summed E-state index contributed by atoms with van der Waals surface area (Å²) < 4.78 is 43.5. The number of rotatable bonds is 3. The van der Waals surface area contributed by atoms with Gasteiger partial charge >= 0.3 is 12.1 Å². The Balaban J connectivity index is 2.98. The normalized spacial score (nSPS) is 11.0. The van der Waals surface area contributed by atoms with Crippen molar-refractivity contribution >= 4 is 5.97 Å². The lowest BCUT2D eigenvalue weighted by Gasteiger charge is -2.17. The average molecular weight is 230 g/mol. The Morgan fingerprint density at radius 2 is 1.94 bits per heavy atom. The van der Waals surface area contributed by atoms with Gasteiger partial charge < -0.3 is 4.74 Å². The van der Waals surface area contributed by atoms with E-state index in [9.17, 15) is 18.0 Å². The Hall–Kier alpha value is -1.78. The molecule has 0 fully saturated rings. The SMILES string of the molecule is C=C(C)C(=O)OC(F)(F)c1ccccc1F. The maximum Gasteiger partial charge on any atom is 0.431 e. The molecule has 0 radical (unpaired) electrons. The van der Waals surface area contributed by atoms with E-state index in [1.54, 1.807) is 0 Å². The summed E-state index contributed by atoms with van der Waals surface area (Å²) in [5.74, 6) is -2.41. The zero-order valence-electron chi connectivity index (χ0n) is 8.47. The summed E-state index contributed by atoms with van der Waals surface area (Å²) in [6.07, 6.45) is -4.00. The van der Waals surface area contributed by atoms with Crippen LogP contribution in [0.2, 0.25) is 0 Å². The molecule has 0 aliphatic carbocycles. The van der Waals surface area contributed by atoms with E-state index < -0.39 is 23.5 Å². The minimum atomic E-state index is -4.00.